The molecule has 2 rings (SSSR count). The summed E-state index contributed by atoms with van der Waals surface area (Å²) in [5.74, 6) is 0.534. The number of ether oxygens (including phenoxy) is 1. The van der Waals surface area contributed by atoms with E-state index < -0.39 is 0 Å². The number of H-pyrrole nitrogens is 1. The first kappa shape index (κ1) is 28.6. The highest BCUT2D eigenvalue weighted by molar-refractivity contribution is 6.34. The monoisotopic (exact) mass is 496 g/mol. The summed E-state index contributed by atoms with van der Waals surface area (Å²) in [4.78, 5) is 16.2. The minimum absolute atomic E-state index is 0.0496. The molecule has 9 heteroatoms. The van der Waals surface area contributed by atoms with Gasteiger partial charge in [0.25, 0.3) is 0 Å². The van der Waals surface area contributed by atoms with Crippen LogP contribution in [0.5, 0.6) is 0 Å². The predicted molar refractivity (Wildman–Crippen MR) is 138 cm³/mol. The summed E-state index contributed by atoms with van der Waals surface area (Å²) >= 11 is 6.15. The van der Waals surface area contributed by atoms with Crippen molar-refractivity contribution in [3.05, 3.63) is 16.5 Å². The Labute approximate surface area is 209 Å². The molecule has 2 heterocycles. The molecule has 0 aromatic carbocycles. The standard InChI is InChI=1S/C25H45ClN6O2/c1-3-4-5-6-7-8-9-10-11-12-13-14-15-16-17-28-23(33)19-34-20-27-18-22-29-25-24(26)21(2)30-32(25)31-22/h27,30H,3-20H2,1-2H3,(H,28,33). The van der Waals surface area contributed by atoms with Gasteiger partial charge in [-0.3, -0.25) is 15.2 Å². The molecule has 0 saturated heterocycles. The van der Waals surface area contributed by atoms with Gasteiger partial charge in [-0.15, -0.1) is 5.10 Å². The van der Waals surface area contributed by atoms with Crippen LogP contribution in [-0.4, -0.2) is 45.6 Å². The van der Waals surface area contributed by atoms with Crippen molar-refractivity contribution in [1.82, 2.24) is 30.4 Å². The van der Waals surface area contributed by atoms with Gasteiger partial charge in [-0.05, 0) is 13.3 Å². The molecule has 3 N–H and O–H groups in total. The number of nitrogens with one attached hydrogen (secondary N) is 3. The lowest BCUT2D eigenvalue weighted by molar-refractivity contribution is -0.125. The third kappa shape index (κ3) is 11.7. The summed E-state index contributed by atoms with van der Waals surface area (Å²) in [5, 5.41) is 13.9. The number of carbonyl (C=O) groups excluding carboxylic acids is 1. The Morgan fingerprint density at radius 1 is 0.971 bits per heavy atom. The van der Waals surface area contributed by atoms with Gasteiger partial charge in [-0.2, -0.15) is 4.63 Å². The van der Waals surface area contributed by atoms with Crippen LogP contribution in [0.15, 0.2) is 0 Å². The third-order valence-corrected chi connectivity index (χ3v) is 6.48. The molecule has 2 aromatic rings. The van der Waals surface area contributed by atoms with E-state index in [0.29, 0.717) is 23.0 Å². The van der Waals surface area contributed by atoms with E-state index in [1.165, 1.54) is 83.5 Å². The summed E-state index contributed by atoms with van der Waals surface area (Å²) in [6.07, 6.45) is 18.7. The van der Waals surface area contributed by atoms with Gasteiger partial charge >= 0.3 is 0 Å². The number of fused-ring (bicyclic) bond motifs is 1. The Bertz CT molecular complexity index is 807. The van der Waals surface area contributed by atoms with Crippen LogP contribution < -0.4 is 10.6 Å². The number of hydrogen-bond acceptors (Lipinski definition) is 5. The van der Waals surface area contributed by atoms with Crippen LogP contribution in [0.3, 0.4) is 0 Å². The van der Waals surface area contributed by atoms with E-state index in [9.17, 15) is 4.79 Å². The molecule has 0 aliphatic rings. The van der Waals surface area contributed by atoms with Gasteiger partial charge in [0.15, 0.2) is 11.5 Å². The van der Waals surface area contributed by atoms with E-state index in [4.69, 9.17) is 16.3 Å². The fourth-order valence-electron chi connectivity index (χ4n) is 4.00. The average molecular weight is 497 g/mol. The van der Waals surface area contributed by atoms with Crippen molar-refractivity contribution in [3.63, 3.8) is 0 Å². The largest absolute Gasteiger partial charge is 0.356 e. The van der Waals surface area contributed by atoms with Gasteiger partial charge in [0.2, 0.25) is 5.91 Å². The normalized spacial score (nSPS) is 11.5. The number of aromatic amines is 1. The number of hydrogen-bond donors (Lipinski definition) is 3. The van der Waals surface area contributed by atoms with Crippen molar-refractivity contribution in [2.24, 2.45) is 0 Å². The molecule has 0 spiro atoms. The second-order valence-electron chi connectivity index (χ2n) is 9.18. The minimum Gasteiger partial charge on any atom is -0.356 e. The summed E-state index contributed by atoms with van der Waals surface area (Å²) < 4.78 is 6.93. The summed E-state index contributed by atoms with van der Waals surface area (Å²) in [6.45, 7) is 5.60. The zero-order valence-electron chi connectivity index (χ0n) is 21.3. The molecule has 0 atom stereocenters. The SMILES string of the molecule is CCCCCCCCCCCCCCCCNC(=O)COCNCc1nc2c(Cl)c(C)[nH]n2n1. The maximum absolute atomic E-state index is 11.9. The van der Waals surface area contributed by atoms with Crippen LogP contribution in [-0.2, 0) is 16.1 Å². The Morgan fingerprint density at radius 3 is 2.15 bits per heavy atom. The number of nitrogens with zero attached hydrogens (tertiary/aromatic N) is 3. The highest BCUT2D eigenvalue weighted by Crippen LogP contribution is 2.19. The van der Waals surface area contributed by atoms with E-state index in [-0.39, 0.29) is 19.2 Å². The number of unbranched alkanes of at least 4 members (excludes halogenated alkanes) is 13. The van der Waals surface area contributed by atoms with Gasteiger partial charge in [0.05, 0.1) is 19.0 Å². The van der Waals surface area contributed by atoms with Crippen molar-refractivity contribution in [2.75, 3.05) is 19.9 Å². The van der Waals surface area contributed by atoms with Crippen LogP contribution in [0.4, 0.5) is 0 Å². The molecule has 0 unspecified atom stereocenters. The molecule has 1 amide bonds. The Hall–Kier alpha value is -1.64. The molecule has 0 aliphatic heterocycles. The first-order chi connectivity index (χ1) is 16.6. The molecule has 0 aliphatic carbocycles. The topological polar surface area (TPSA) is 96.3 Å². The molecule has 0 radical (unpaired) electrons. The Morgan fingerprint density at radius 2 is 1.56 bits per heavy atom. The number of aryl methyl sites for hydroxylation is 1. The second kappa shape index (κ2) is 17.7. The predicted octanol–water partition coefficient (Wildman–Crippen LogP) is 5.68. The lowest BCUT2D eigenvalue weighted by Gasteiger charge is -2.07. The molecule has 0 fully saturated rings. The molecule has 8 nitrogen and oxygen atoms in total. The average Bonchev–Trinajstić information content (AvgIpc) is 3.34. The molecular weight excluding hydrogens is 452 g/mol. The zero-order chi connectivity index (χ0) is 24.4. The quantitative estimate of drug-likeness (QED) is 0.152. The Kier molecular flexibility index (Phi) is 14.9. The highest BCUT2D eigenvalue weighted by Gasteiger charge is 2.11. The van der Waals surface area contributed by atoms with Crippen LogP contribution >= 0.6 is 11.6 Å². The molecule has 0 bridgehead atoms. The highest BCUT2D eigenvalue weighted by atomic mass is 35.5. The van der Waals surface area contributed by atoms with Crippen molar-refractivity contribution < 1.29 is 9.53 Å². The van der Waals surface area contributed by atoms with Crippen LogP contribution in [0.1, 0.15) is 108 Å². The number of carbonyl (C=O) groups is 1. The summed E-state index contributed by atoms with van der Waals surface area (Å²) in [6, 6.07) is 0. The van der Waals surface area contributed by atoms with E-state index in [1.54, 1.807) is 4.63 Å². The number of halogens is 1. The van der Waals surface area contributed by atoms with Crippen molar-refractivity contribution in [2.45, 2.75) is 110 Å². The fourth-order valence-corrected chi connectivity index (χ4v) is 4.17. The molecular formula is C25H45ClN6O2. The van der Waals surface area contributed by atoms with Gasteiger partial charge in [0, 0.05) is 6.54 Å². The number of amides is 1. The summed E-state index contributed by atoms with van der Waals surface area (Å²) in [7, 11) is 0. The zero-order valence-corrected chi connectivity index (χ0v) is 22.0. The van der Waals surface area contributed by atoms with Crippen LogP contribution in [0, 0.1) is 6.92 Å². The van der Waals surface area contributed by atoms with E-state index in [1.807, 2.05) is 6.92 Å². The van der Waals surface area contributed by atoms with E-state index in [2.05, 4.69) is 32.7 Å². The van der Waals surface area contributed by atoms with Gasteiger partial charge in [-0.1, -0.05) is 102 Å². The van der Waals surface area contributed by atoms with Gasteiger partial charge in [0.1, 0.15) is 11.6 Å². The van der Waals surface area contributed by atoms with Gasteiger partial charge in [-0.25, -0.2) is 4.98 Å². The van der Waals surface area contributed by atoms with Crippen molar-refractivity contribution >= 4 is 23.2 Å². The Balaban J connectivity index is 1.32. The van der Waals surface area contributed by atoms with Crippen molar-refractivity contribution in [3.8, 4) is 0 Å². The van der Waals surface area contributed by atoms with Crippen molar-refractivity contribution in [1.29, 1.82) is 0 Å². The first-order valence-electron chi connectivity index (χ1n) is 13.3. The van der Waals surface area contributed by atoms with Gasteiger partial charge < -0.3 is 10.1 Å². The lowest BCUT2D eigenvalue weighted by Crippen LogP contribution is -2.30. The maximum atomic E-state index is 11.9. The lowest BCUT2D eigenvalue weighted by atomic mass is 10.0. The maximum Gasteiger partial charge on any atom is 0.246 e. The second-order valence-corrected chi connectivity index (χ2v) is 9.56. The fraction of sp³-hybridized carbons (Fsp3) is 0.800. The van der Waals surface area contributed by atoms with E-state index in [0.717, 1.165) is 18.7 Å². The van der Waals surface area contributed by atoms with E-state index >= 15 is 0 Å². The smallest absolute Gasteiger partial charge is 0.246 e. The molecule has 34 heavy (non-hydrogen) atoms. The minimum atomic E-state index is -0.0767. The third-order valence-electron chi connectivity index (χ3n) is 6.02. The number of aromatic nitrogens is 4. The molecule has 0 saturated carbocycles. The first-order valence-corrected chi connectivity index (χ1v) is 13.6. The molecule has 2 aromatic heterocycles. The van der Waals surface area contributed by atoms with Crippen LogP contribution in [0.25, 0.3) is 5.65 Å². The van der Waals surface area contributed by atoms with Crippen LogP contribution in [0.2, 0.25) is 5.02 Å². The molecule has 194 valence electrons. The summed E-state index contributed by atoms with van der Waals surface area (Å²) in [5.41, 5.74) is 1.44. The number of rotatable bonds is 21.